The standard InChI is InChI=1S/C21H26N4O4/c1-14-16(11-23-24(14)2)8-9-20(27)25-12-17(10-19(22)26)18(13-25)29-21(28)15-6-4-3-5-7-15/h3-7,11,17-18H,8-10,12-13H2,1-2H3,(H2,22,26)/t17-,18+/m0/s1. The van der Waals surface area contributed by atoms with Crippen LogP contribution in [0.15, 0.2) is 36.5 Å². The van der Waals surface area contributed by atoms with Gasteiger partial charge in [0, 0.05) is 38.0 Å². The van der Waals surface area contributed by atoms with Gasteiger partial charge >= 0.3 is 5.97 Å². The molecule has 1 aliphatic rings. The Morgan fingerprint density at radius 1 is 1.21 bits per heavy atom. The zero-order valence-electron chi connectivity index (χ0n) is 16.7. The molecule has 1 fully saturated rings. The van der Waals surface area contributed by atoms with Gasteiger partial charge in [-0.3, -0.25) is 14.3 Å². The van der Waals surface area contributed by atoms with E-state index in [1.807, 2.05) is 20.0 Å². The van der Waals surface area contributed by atoms with E-state index in [4.69, 9.17) is 10.5 Å². The van der Waals surface area contributed by atoms with E-state index in [-0.39, 0.29) is 24.8 Å². The molecule has 0 aliphatic carbocycles. The molecule has 1 saturated heterocycles. The molecule has 1 aromatic heterocycles. The van der Waals surface area contributed by atoms with Crippen LogP contribution in [0.5, 0.6) is 0 Å². The minimum absolute atomic E-state index is 0.0408. The molecule has 8 heteroatoms. The molecule has 2 heterocycles. The molecule has 154 valence electrons. The van der Waals surface area contributed by atoms with Crippen molar-refractivity contribution in [3.8, 4) is 0 Å². The maximum atomic E-state index is 12.7. The summed E-state index contributed by atoms with van der Waals surface area (Å²) in [6.07, 6.45) is 2.20. The number of nitrogens with zero attached hydrogens (tertiary/aromatic N) is 3. The first kappa shape index (κ1) is 20.6. The molecular weight excluding hydrogens is 372 g/mol. The fourth-order valence-electron chi connectivity index (χ4n) is 3.60. The summed E-state index contributed by atoms with van der Waals surface area (Å²) in [5.74, 6) is -1.29. The summed E-state index contributed by atoms with van der Waals surface area (Å²) in [7, 11) is 1.86. The number of amides is 2. The van der Waals surface area contributed by atoms with Crippen molar-refractivity contribution in [2.24, 2.45) is 18.7 Å². The molecule has 0 saturated carbocycles. The highest BCUT2D eigenvalue weighted by atomic mass is 16.5. The van der Waals surface area contributed by atoms with Gasteiger partial charge in [0.1, 0.15) is 6.10 Å². The van der Waals surface area contributed by atoms with E-state index in [1.165, 1.54) is 0 Å². The third kappa shape index (κ3) is 5.01. The number of aryl methyl sites for hydroxylation is 2. The molecule has 8 nitrogen and oxygen atoms in total. The van der Waals surface area contributed by atoms with Gasteiger partial charge in [-0.25, -0.2) is 4.79 Å². The van der Waals surface area contributed by atoms with Crippen molar-refractivity contribution in [3.05, 3.63) is 53.3 Å². The van der Waals surface area contributed by atoms with Gasteiger partial charge in [0.2, 0.25) is 11.8 Å². The monoisotopic (exact) mass is 398 g/mol. The van der Waals surface area contributed by atoms with Crippen molar-refractivity contribution in [3.63, 3.8) is 0 Å². The maximum absolute atomic E-state index is 12.7. The Bertz CT molecular complexity index is 893. The summed E-state index contributed by atoms with van der Waals surface area (Å²) >= 11 is 0. The van der Waals surface area contributed by atoms with Crippen LogP contribution in [0.2, 0.25) is 0 Å². The van der Waals surface area contributed by atoms with E-state index >= 15 is 0 Å². The zero-order valence-corrected chi connectivity index (χ0v) is 16.7. The van der Waals surface area contributed by atoms with Gasteiger partial charge in [-0.2, -0.15) is 5.10 Å². The average molecular weight is 398 g/mol. The lowest BCUT2D eigenvalue weighted by Crippen LogP contribution is -2.31. The highest BCUT2D eigenvalue weighted by Gasteiger charge is 2.38. The minimum Gasteiger partial charge on any atom is -0.457 e. The number of primary amides is 1. The topological polar surface area (TPSA) is 108 Å². The number of aromatic nitrogens is 2. The molecule has 1 aliphatic heterocycles. The van der Waals surface area contributed by atoms with Crippen molar-refractivity contribution >= 4 is 17.8 Å². The van der Waals surface area contributed by atoms with Crippen LogP contribution in [-0.4, -0.2) is 51.7 Å². The van der Waals surface area contributed by atoms with Crippen LogP contribution < -0.4 is 5.73 Å². The zero-order chi connectivity index (χ0) is 21.0. The van der Waals surface area contributed by atoms with Crippen molar-refractivity contribution < 1.29 is 19.1 Å². The van der Waals surface area contributed by atoms with Crippen molar-refractivity contribution in [2.45, 2.75) is 32.3 Å². The number of hydrogen-bond donors (Lipinski definition) is 1. The van der Waals surface area contributed by atoms with Crippen molar-refractivity contribution in [1.29, 1.82) is 0 Å². The third-order valence-electron chi connectivity index (χ3n) is 5.41. The van der Waals surface area contributed by atoms with Gasteiger partial charge in [0.25, 0.3) is 0 Å². The summed E-state index contributed by atoms with van der Waals surface area (Å²) in [6.45, 7) is 2.58. The van der Waals surface area contributed by atoms with E-state index in [0.29, 0.717) is 24.9 Å². The van der Waals surface area contributed by atoms with E-state index in [2.05, 4.69) is 5.10 Å². The van der Waals surface area contributed by atoms with E-state index < -0.39 is 18.0 Å². The molecule has 0 unspecified atom stereocenters. The number of rotatable bonds is 7. The minimum atomic E-state index is -0.556. The Labute approximate surface area is 169 Å². The highest BCUT2D eigenvalue weighted by Crippen LogP contribution is 2.25. The summed E-state index contributed by atoms with van der Waals surface area (Å²) in [5.41, 5.74) is 7.85. The smallest absolute Gasteiger partial charge is 0.338 e. The molecule has 2 N–H and O–H groups in total. The Balaban J connectivity index is 1.63. The third-order valence-corrected chi connectivity index (χ3v) is 5.41. The first-order chi connectivity index (χ1) is 13.8. The lowest BCUT2D eigenvalue weighted by Gasteiger charge is -2.17. The van der Waals surface area contributed by atoms with Crippen LogP contribution in [0, 0.1) is 12.8 Å². The normalized spacial score (nSPS) is 18.6. The number of carbonyl (C=O) groups is 3. The molecule has 1 aromatic carbocycles. The van der Waals surface area contributed by atoms with E-state index in [0.717, 1.165) is 11.3 Å². The second-order valence-electron chi connectivity index (χ2n) is 7.42. The molecular formula is C21H26N4O4. The quantitative estimate of drug-likeness (QED) is 0.706. The van der Waals surface area contributed by atoms with Crippen LogP contribution in [0.4, 0.5) is 0 Å². The molecule has 29 heavy (non-hydrogen) atoms. The molecule has 2 amide bonds. The Morgan fingerprint density at radius 3 is 2.55 bits per heavy atom. The highest BCUT2D eigenvalue weighted by molar-refractivity contribution is 5.89. The molecule has 0 radical (unpaired) electrons. The van der Waals surface area contributed by atoms with Gasteiger partial charge in [-0.05, 0) is 31.0 Å². The molecule has 0 spiro atoms. The van der Waals surface area contributed by atoms with Gasteiger partial charge in [-0.1, -0.05) is 18.2 Å². The lowest BCUT2D eigenvalue weighted by molar-refractivity contribution is -0.130. The van der Waals surface area contributed by atoms with Crippen LogP contribution in [-0.2, 0) is 27.8 Å². The fourth-order valence-corrected chi connectivity index (χ4v) is 3.60. The largest absolute Gasteiger partial charge is 0.457 e. The predicted octanol–water partition coefficient (Wildman–Crippen LogP) is 1.22. The second kappa shape index (κ2) is 8.89. The van der Waals surface area contributed by atoms with Crippen LogP contribution in [0.25, 0.3) is 0 Å². The number of likely N-dealkylation sites (tertiary alicyclic amines) is 1. The van der Waals surface area contributed by atoms with Crippen molar-refractivity contribution in [2.75, 3.05) is 13.1 Å². The van der Waals surface area contributed by atoms with Gasteiger partial charge in [0.15, 0.2) is 0 Å². The van der Waals surface area contributed by atoms with Gasteiger partial charge < -0.3 is 15.4 Å². The first-order valence-electron chi connectivity index (χ1n) is 9.64. The number of esters is 1. The van der Waals surface area contributed by atoms with Crippen LogP contribution in [0.3, 0.4) is 0 Å². The molecule has 2 atom stereocenters. The summed E-state index contributed by atoms with van der Waals surface area (Å²) in [5, 5.41) is 4.19. The van der Waals surface area contributed by atoms with E-state index in [9.17, 15) is 14.4 Å². The van der Waals surface area contributed by atoms with Gasteiger partial charge in [0.05, 0.1) is 18.3 Å². The SMILES string of the molecule is Cc1c(CCC(=O)N2C[C@H](CC(N)=O)[C@H](OC(=O)c3ccccc3)C2)cnn1C. The second-order valence-corrected chi connectivity index (χ2v) is 7.42. The average Bonchev–Trinajstić information content (AvgIpc) is 3.23. The number of benzene rings is 1. The molecule has 0 bridgehead atoms. The molecule has 3 rings (SSSR count). The van der Waals surface area contributed by atoms with Gasteiger partial charge in [-0.15, -0.1) is 0 Å². The summed E-state index contributed by atoms with van der Waals surface area (Å²) < 4.78 is 7.40. The van der Waals surface area contributed by atoms with Crippen molar-refractivity contribution in [1.82, 2.24) is 14.7 Å². The Hall–Kier alpha value is -3.16. The fraction of sp³-hybridized carbons (Fsp3) is 0.429. The number of ether oxygens (including phenoxy) is 1. The lowest BCUT2D eigenvalue weighted by atomic mass is 10.0. The summed E-state index contributed by atoms with van der Waals surface area (Å²) in [4.78, 5) is 38.2. The first-order valence-corrected chi connectivity index (χ1v) is 9.64. The van der Waals surface area contributed by atoms with Crippen LogP contribution in [0.1, 0.15) is 34.5 Å². The maximum Gasteiger partial charge on any atom is 0.338 e. The number of hydrogen-bond acceptors (Lipinski definition) is 5. The Morgan fingerprint density at radius 2 is 1.93 bits per heavy atom. The van der Waals surface area contributed by atoms with Crippen LogP contribution >= 0.6 is 0 Å². The summed E-state index contributed by atoms with van der Waals surface area (Å²) in [6, 6.07) is 8.65. The predicted molar refractivity (Wildman–Crippen MR) is 106 cm³/mol. The van der Waals surface area contributed by atoms with E-state index in [1.54, 1.807) is 40.0 Å². The Kier molecular flexibility index (Phi) is 6.31. The molecule has 2 aromatic rings. The number of carbonyl (C=O) groups excluding carboxylic acids is 3. The number of nitrogens with two attached hydrogens (primary N) is 1.